The van der Waals surface area contributed by atoms with Crippen LogP contribution in [0.1, 0.15) is 51.5 Å². The summed E-state index contributed by atoms with van der Waals surface area (Å²) in [4.78, 5) is 17.1. The Morgan fingerprint density at radius 2 is 1.89 bits per heavy atom. The van der Waals surface area contributed by atoms with Crippen LogP contribution < -0.4 is 0 Å². The lowest BCUT2D eigenvalue weighted by atomic mass is 9.79. The number of benzene rings is 1. The van der Waals surface area contributed by atoms with E-state index in [1.165, 1.54) is 0 Å². The van der Waals surface area contributed by atoms with Crippen molar-refractivity contribution in [3.8, 4) is 0 Å². The van der Waals surface area contributed by atoms with Crippen LogP contribution in [0.15, 0.2) is 36.5 Å². The van der Waals surface area contributed by atoms with Gasteiger partial charge in [-0.2, -0.15) is 0 Å². The standard InChI is InChI=1S/C22H29NO3S/c1-3-16(2)27(25,26)15-17-8-10-19(11-9-17)22(24)13-18-12-20-6-4-5-7-21(20)23-14-18/h4-7,12,14,16-17,19H,3,8-11,13,15H2,1-2H3. The molecule has 27 heavy (non-hydrogen) atoms. The number of nitrogens with zero attached hydrogens (tertiary/aromatic N) is 1. The number of rotatable bonds is 7. The SMILES string of the molecule is CCC(C)S(=O)(=O)CC1CCC(C(=O)Cc2cnc3ccccc3c2)CC1. The highest BCUT2D eigenvalue weighted by Gasteiger charge is 2.30. The molecule has 1 heterocycles. The van der Waals surface area contributed by atoms with Crippen molar-refractivity contribution in [2.24, 2.45) is 11.8 Å². The largest absolute Gasteiger partial charge is 0.299 e. The van der Waals surface area contributed by atoms with Gasteiger partial charge in [0.25, 0.3) is 0 Å². The first-order valence-corrected chi connectivity index (χ1v) is 11.7. The molecule has 1 aliphatic rings. The first-order valence-electron chi connectivity index (χ1n) is 9.97. The van der Waals surface area contributed by atoms with Gasteiger partial charge in [-0.05, 0) is 62.6 Å². The van der Waals surface area contributed by atoms with E-state index in [-0.39, 0.29) is 28.6 Å². The molecule has 5 heteroatoms. The Morgan fingerprint density at radius 1 is 1.19 bits per heavy atom. The molecular formula is C22H29NO3S. The van der Waals surface area contributed by atoms with E-state index < -0.39 is 9.84 Å². The monoisotopic (exact) mass is 387 g/mol. The average Bonchev–Trinajstić information content (AvgIpc) is 2.67. The van der Waals surface area contributed by atoms with Gasteiger partial charge in [0.1, 0.15) is 5.78 Å². The number of carbonyl (C=O) groups is 1. The molecule has 0 spiro atoms. The summed E-state index contributed by atoms with van der Waals surface area (Å²) in [5, 5.41) is 0.791. The molecule has 3 rings (SSSR count). The van der Waals surface area contributed by atoms with Gasteiger partial charge in [0.05, 0.1) is 16.5 Å². The van der Waals surface area contributed by atoms with Gasteiger partial charge in [-0.3, -0.25) is 9.78 Å². The number of Topliss-reactive ketones (excluding diaryl/α,β-unsaturated/α-hetero) is 1. The Balaban J connectivity index is 1.55. The second-order valence-electron chi connectivity index (χ2n) is 7.95. The molecule has 4 nitrogen and oxygen atoms in total. The van der Waals surface area contributed by atoms with Gasteiger partial charge < -0.3 is 0 Å². The second kappa shape index (κ2) is 8.51. The molecule has 1 atom stereocenters. The van der Waals surface area contributed by atoms with E-state index in [1.54, 1.807) is 13.1 Å². The minimum atomic E-state index is -3.01. The van der Waals surface area contributed by atoms with Crippen LogP contribution in [0.25, 0.3) is 10.9 Å². The van der Waals surface area contributed by atoms with Crippen LogP contribution in [0.2, 0.25) is 0 Å². The molecule has 2 aromatic rings. The molecule has 0 saturated heterocycles. The fraction of sp³-hybridized carbons (Fsp3) is 0.545. The van der Waals surface area contributed by atoms with Gasteiger partial charge in [0.15, 0.2) is 9.84 Å². The van der Waals surface area contributed by atoms with Crippen molar-refractivity contribution < 1.29 is 13.2 Å². The van der Waals surface area contributed by atoms with Crippen molar-refractivity contribution in [1.82, 2.24) is 4.98 Å². The van der Waals surface area contributed by atoms with Crippen LogP contribution >= 0.6 is 0 Å². The minimum absolute atomic E-state index is 0.0547. The highest BCUT2D eigenvalue weighted by molar-refractivity contribution is 7.92. The fourth-order valence-corrected chi connectivity index (χ4v) is 5.78. The van der Waals surface area contributed by atoms with E-state index in [1.807, 2.05) is 37.3 Å². The average molecular weight is 388 g/mol. The normalized spacial score (nSPS) is 21.9. The number of pyridine rings is 1. The third-order valence-electron chi connectivity index (χ3n) is 5.98. The summed E-state index contributed by atoms with van der Waals surface area (Å²) in [5.41, 5.74) is 1.90. The number of hydrogen-bond donors (Lipinski definition) is 0. The molecule has 0 aliphatic heterocycles. The minimum Gasteiger partial charge on any atom is -0.299 e. The van der Waals surface area contributed by atoms with Crippen molar-refractivity contribution in [2.75, 3.05) is 5.75 Å². The zero-order valence-electron chi connectivity index (χ0n) is 16.2. The van der Waals surface area contributed by atoms with Gasteiger partial charge in [-0.25, -0.2) is 8.42 Å². The molecule has 0 amide bonds. The number of carbonyl (C=O) groups excluding carboxylic acids is 1. The van der Waals surface area contributed by atoms with E-state index >= 15 is 0 Å². The number of sulfone groups is 1. The second-order valence-corrected chi connectivity index (χ2v) is 10.4. The van der Waals surface area contributed by atoms with Crippen molar-refractivity contribution in [3.63, 3.8) is 0 Å². The van der Waals surface area contributed by atoms with Crippen molar-refractivity contribution >= 4 is 26.5 Å². The lowest BCUT2D eigenvalue weighted by Gasteiger charge is -2.28. The lowest BCUT2D eigenvalue weighted by molar-refractivity contribution is -0.123. The first kappa shape index (κ1) is 20.0. The first-order chi connectivity index (χ1) is 12.9. The van der Waals surface area contributed by atoms with Gasteiger partial charge in [0.2, 0.25) is 0 Å². The smallest absolute Gasteiger partial charge is 0.153 e. The molecule has 1 saturated carbocycles. The van der Waals surface area contributed by atoms with Gasteiger partial charge in [0, 0.05) is 23.9 Å². The maximum Gasteiger partial charge on any atom is 0.153 e. The highest BCUT2D eigenvalue weighted by Crippen LogP contribution is 2.32. The molecular weight excluding hydrogens is 358 g/mol. The van der Waals surface area contributed by atoms with Crippen LogP contribution in [0.3, 0.4) is 0 Å². The summed E-state index contributed by atoms with van der Waals surface area (Å²) in [7, 11) is -3.01. The summed E-state index contributed by atoms with van der Waals surface area (Å²) in [6.45, 7) is 3.71. The number of ketones is 1. The summed E-state index contributed by atoms with van der Waals surface area (Å²) < 4.78 is 24.6. The van der Waals surface area contributed by atoms with Gasteiger partial charge in [-0.15, -0.1) is 0 Å². The van der Waals surface area contributed by atoms with E-state index in [2.05, 4.69) is 4.98 Å². The Hall–Kier alpha value is -1.75. The third kappa shape index (κ3) is 4.95. The van der Waals surface area contributed by atoms with Crippen molar-refractivity contribution in [1.29, 1.82) is 0 Å². The van der Waals surface area contributed by atoms with E-state index in [4.69, 9.17) is 0 Å². The number of para-hydroxylation sites is 1. The van der Waals surface area contributed by atoms with Crippen molar-refractivity contribution in [3.05, 3.63) is 42.1 Å². The van der Waals surface area contributed by atoms with Gasteiger partial charge >= 0.3 is 0 Å². The zero-order valence-corrected chi connectivity index (χ0v) is 17.0. The molecule has 1 unspecified atom stereocenters. The fourth-order valence-electron chi connectivity index (χ4n) is 3.96. The molecule has 1 aromatic carbocycles. The summed E-state index contributed by atoms with van der Waals surface area (Å²) in [6, 6.07) is 9.96. The Bertz CT molecular complexity index is 899. The Morgan fingerprint density at radius 3 is 2.59 bits per heavy atom. The number of fused-ring (bicyclic) bond motifs is 1. The summed E-state index contributed by atoms with van der Waals surface area (Å²) in [6.07, 6.45) is 6.16. The lowest BCUT2D eigenvalue weighted by Crippen LogP contribution is -2.30. The summed E-state index contributed by atoms with van der Waals surface area (Å²) >= 11 is 0. The van der Waals surface area contributed by atoms with Gasteiger partial charge in [-0.1, -0.05) is 25.1 Å². The van der Waals surface area contributed by atoms with E-state index in [0.717, 1.165) is 42.1 Å². The van der Waals surface area contributed by atoms with Crippen LogP contribution in [0, 0.1) is 11.8 Å². The van der Waals surface area contributed by atoms with Crippen LogP contribution in [0.5, 0.6) is 0 Å². The molecule has 1 fully saturated rings. The number of aromatic nitrogens is 1. The molecule has 146 valence electrons. The van der Waals surface area contributed by atoms with E-state index in [0.29, 0.717) is 12.8 Å². The van der Waals surface area contributed by atoms with Crippen LogP contribution in [0.4, 0.5) is 0 Å². The maximum atomic E-state index is 12.7. The third-order valence-corrected chi connectivity index (χ3v) is 8.48. The molecule has 0 radical (unpaired) electrons. The molecule has 1 aliphatic carbocycles. The zero-order chi connectivity index (χ0) is 19.4. The molecule has 0 N–H and O–H groups in total. The van der Waals surface area contributed by atoms with E-state index in [9.17, 15) is 13.2 Å². The predicted octanol–water partition coefficient (Wildman–Crippen LogP) is 4.37. The maximum absolute atomic E-state index is 12.7. The number of hydrogen-bond acceptors (Lipinski definition) is 4. The Kier molecular flexibility index (Phi) is 6.30. The van der Waals surface area contributed by atoms with Crippen LogP contribution in [-0.4, -0.2) is 30.2 Å². The predicted molar refractivity (Wildman–Crippen MR) is 109 cm³/mol. The Labute approximate surface area is 162 Å². The molecule has 1 aromatic heterocycles. The summed E-state index contributed by atoms with van der Waals surface area (Å²) in [5.74, 6) is 0.794. The topological polar surface area (TPSA) is 64.1 Å². The molecule has 0 bridgehead atoms. The van der Waals surface area contributed by atoms with Crippen molar-refractivity contribution in [2.45, 2.75) is 57.6 Å². The highest BCUT2D eigenvalue weighted by atomic mass is 32.2. The quantitative estimate of drug-likeness (QED) is 0.708. The van der Waals surface area contributed by atoms with Crippen LogP contribution in [-0.2, 0) is 21.1 Å².